The van der Waals surface area contributed by atoms with Crippen LogP contribution in [0, 0.1) is 5.82 Å². The molecule has 1 amide bonds. The molecule has 2 heterocycles. The van der Waals surface area contributed by atoms with Gasteiger partial charge in [0.05, 0.1) is 42.2 Å². The molecule has 1 aromatic heterocycles. The largest absolute Gasteiger partial charge is 0.482 e. The van der Waals surface area contributed by atoms with Gasteiger partial charge in [0, 0.05) is 6.54 Å². The third-order valence-corrected chi connectivity index (χ3v) is 4.05. The Labute approximate surface area is 143 Å². The zero-order valence-corrected chi connectivity index (χ0v) is 13.8. The fraction of sp³-hybridized carbons (Fsp3) is 0.375. The van der Waals surface area contributed by atoms with Crippen molar-refractivity contribution in [2.45, 2.75) is 25.6 Å². The van der Waals surface area contributed by atoms with Gasteiger partial charge in [-0.15, -0.1) is 0 Å². The van der Waals surface area contributed by atoms with E-state index in [1.165, 1.54) is 12.1 Å². The lowest BCUT2D eigenvalue weighted by atomic mass is 10.1. The van der Waals surface area contributed by atoms with Gasteiger partial charge in [-0.05, 0) is 25.1 Å². The highest BCUT2D eigenvalue weighted by Gasteiger charge is 2.32. The minimum absolute atomic E-state index is 0.0631. The van der Waals surface area contributed by atoms with Crippen molar-refractivity contribution in [2.75, 3.05) is 13.2 Å². The summed E-state index contributed by atoms with van der Waals surface area (Å²) in [6.45, 7) is 3.41. The number of rotatable bonds is 5. The molecule has 1 N–H and O–H groups in total. The number of nitrogens with one attached hydrogen (secondary N) is 1. The minimum Gasteiger partial charge on any atom is -0.482 e. The number of carbonyl (C=O) groups excluding carboxylic acids is 1. The lowest BCUT2D eigenvalue weighted by molar-refractivity contribution is 0.0904. The molecule has 3 rings (SSSR count). The molecule has 1 aliphatic heterocycles. The fourth-order valence-corrected chi connectivity index (χ4v) is 2.71. The van der Waals surface area contributed by atoms with E-state index in [4.69, 9.17) is 21.1 Å². The van der Waals surface area contributed by atoms with E-state index in [0.717, 1.165) is 12.6 Å². The van der Waals surface area contributed by atoms with Gasteiger partial charge in [0.2, 0.25) is 0 Å². The van der Waals surface area contributed by atoms with Crippen LogP contribution < -0.4 is 10.1 Å². The van der Waals surface area contributed by atoms with Crippen LogP contribution in [0.25, 0.3) is 0 Å². The molecule has 2 atom stereocenters. The van der Waals surface area contributed by atoms with Crippen molar-refractivity contribution in [3.05, 3.63) is 47.0 Å². The number of halogens is 2. The third-order valence-electron chi connectivity index (χ3n) is 3.74. The van der Waals surface area contributed by atoms with Crippen LogP contribution in [0.5, 0.6) is 5.75 Å². The number of ether oxygens (including phenoxy) is 2. The summed E-state index contributed by atoms with van der Waals surface area (Å²) in [7, 11) is 0. The SMILES string of the molecule is CCn1cc(O[C@@H]2COC[C@@H]2NC(=O)c2ccc(F)cc2Cl)cn1. The highest BCUT2D eigenvalue weighted by atomic mass is 35.5. The monoisotopic (exact) mass is 353 g/mol. The Bertz CT molecular complexity index is 737. The van der Waals surface area contributed by atoms with Crippen LogP contribution in [0.4, 0.5) is 4.39 Å². The Hall–Kier alpha value is -2.12. The Balaban J connectivity index is 1.65. The predicted octanol–water partition coefficient (Wildman–Crippen LogP) is 2.27. The summed E-state index contributed by atoms with van der Waals surface area (Å²) in [5.74, 6) is -0.269. The summed E-state index contributed by atoms with van der Waals surface area (Å²) in [4.78, 5) is 12.3. The van der Waals surface area contributed by atoms with Crippen LogP contribution in [0.2, 0.25) is 5.02 Å². The van der Waals surface area contributed by atoms with Gasteiger partial charge in [0.1, 0.15) is 11.9 Å². The van der Waals surface area contributed by atoms with Crippen LogP contribution in [0.1, 0.15) is 17.3 Å². The number of hydrogen-bond donors (Lipinski definition) is 1. The number of carbonyl (C=O) groups is 1. The van der Waals surface area contributed by atoms with E-state index in [1.54, 1.807) is 17.1 Å². The predicted molar refractivity (Wildman–Crippen MR) is 85.8 cm³/mol. The van der Waals surface area contributed by atoms with Gasteiger partial charge in [0.15, 0.2) is 5.75 Å². The average Bonchev–Trinajstić information content (AvgIpc) is 3.17. The zero-order valence-electron chi connectivity index (χ0n) is 13.0. The Morgan fingerprint density at radius 3 is 3.08 bits per heavy atom. The topological polar surface area (TPSA) is 65.4 Å². The Kier molecular flexibility index (Phi) is 5.01. The van der Waals surface area contributed by atoms with Crippen molar-refractivity contribution in [3.8, 4) is 5.75 Å². The molecule has 0 unspecified atom stereocenters. The van der Waals surface area contributed by atoms with Crippen LogP contribution >= 0.6 is 11.6 Å². The molecule has 0 aliphatic carbocycles. The Morgan fingerprint density at radius 2 is 2.38 bits per heavy atom. The molecule has 24 heavy (non-hydrogen) atoms. The second-order valence-electron chi connectivity index (χ2n) is 5.43. The van der Waals surface area contributed by atoms with E-state index >= 15 is 0 Å². The second kappa shape index (κ2) is 7.19. The summed E-state index contributed by atoms with van der Waals surface area (Å²) in [6.07, 6.45) is 3.08. The van der Waals surface area contributed by atoms with E-state index < -0.39 is 11.7 Å². The Morgan fingerprint density at radius 1 is 1.54 bits per heavy atom. The third kappa shape index (κ3) is 3.68. The normalized spacial score (nSPS) is 20.1. The van der Waals surface area contributed by atoms with Crippen molar-refractivity contribution in [1.29, 1.82) is 0 Å². The lowest BCUT2D eigenvalue weighted by Gasteiger charge is -2.20. The first kappa shape index (κ1) is 16.7. The standard InChI is InChI=1S/C16H17ClFN3O3/c1-2-21-7-11(6-19-21)24-15-9-23-8-14(15)20-16(22)12-4-3-10(18)5-13(12)17/h3-7,14-15H,2,8-9H2,1H3,(H,20,22)/t14-,15+/m0/s1. The molecule has 6 nitrogen and oxygen atoms in total. The quantitative estimate of drug-likeness (QED) is 0.895. The number of amides is 1. The van der Waals surface area contributed by atoms with Crippen LogP contribution in [-0.2, 0) is 11.3 Å². The molecule has 8 heteroatoms. The maximum atomic E-state index is 13.1. The molecule has 0 spiro atoms. The molecule has 1 fully saturated rings. The molecular weight excluding hydrogens is 337 g/mol. The summed E-state index contributed by atoms with van der Waals surface area (Å²) in [6, 6.07) is 3.32. The van der Waals surface area contributed by atoms with Gasteiger partial charge in [-0.25, -0.2) is 4.39 Å². The lowest BCUT2D eigenvalue weighted by Crippen LogP contribution is -2.45. The first-order chi connectivity index (χ1) is 11.6. The average molecular weight is 354 g/mol. The van der Waals surface area contributed by atoms with Gasteiger partial charge >= 0.3 is 0 Å². The molecule has 1 aromatic carbocycles. The molecule has 2 aromatic rings. The molecule has 1 aliphatic rings. The molecule has 1 saturated heterocycles. The van der Waals surface area contributed by atoms with E-state index in [2.05, 4.69) is 10.4 Å². The first-order valence-corrected chi connectivity index (χ1v) is 7.97. The van der Waals surface area contributed by atoms with Crippen LogP contribution in [0.15, 0.2) is 30.6 Å². The van der Waals surface area contributed by atoms with Crippen molar-refractivity contribution in [3.63, 3.8) is 0 Å². The van der Waals surface area contributed by atoms with Gasteiger partial charge < -0.3 is 14.8 Å². The smallest absolute Gasteiger partial charge is 0.253 e. The maximum absolute atomic E-state index is 13.1. The summed E-state index contributed by atoms with van der Waals surface area (Å²) < 4.78 is 26.1. The van der Waals surface area contributed by atoms with Crippen molar-refractivity contribution < 1.29 is 18.7 Å². The van der Waals surface area contributed by atoms with Gasteiger partial charge in [0.25, 0.3) is 5.91 Å². The van der Waals surface area contributed by atoms with E-state index in [1.807, 2.05) is 6.92 Å². The van der Waals surface area contributed by atoms with Crippen LogP contribution in [0.3, 0.4) is 0 Å². The summed E-state index contributed by atoms with van der Waals surface area (Å²) >= 11 is 5.92. The molecular formula is C16H17ClFN3O3. The van der Waals surface area contributed by atoms with E-state index in [9.17, 15) is 9.18 Å². The number of aryl methyl sites for hydroxylation is 1. The highest BCUT2D eigenvalue weighted by Crippen LogP contribution is 2.20. The number of benzene rings is 1. The summed E-state index contributed by atoms with van der Waals surface area (Å²) in [5, 5.41) is 7.03. The molecule has 128 valence electrons. The van der Waals surface area contributed by atoms with Crippen molar-refractivity contribution in [1.82, 2.24) is 15.1 Å². The van der Waals surface area contributed by atoms with Crippen molar-refractivity contribution in [2.24, 2.45) is 0 Å². The van der Waals surface area contributed by atoms with Gasteiger partial charge in [-0.3, -0.25) is 9.48 Å². The number of hydrogen-bond acceptors (Lipinski definition) is 4. The van der Waals surface area contributed by atoms with Gasteiger partial charge in [-0.2, -0.15) is 5.10 Å². The molecule has 0 radical (unpaired) electrons. The molecule has 0 bridgehead atoms. The number of aromatic nitrogens is 2. The maximum Gasteiger partial charge on any atom is 0.253 e. The van der Waals surface area contributed by atoms with Crippen molar-refractivity contribution >= 4 is 17.5 Å². The van der Waals surface area contributed by atoms with E-state index in [-0.39, 0.29) is 22.7 Å². The fourth-order valence-electron chi connectivity index (χ4n) is 2.46. The zero-order chi connectivity index (χ0) is 17.1. The van der Waals surface area contributed by atoms with Crippen LogP contribution in [-0.4, -0.2) is 41.0 Å². The highest BCUT2D eigenvalue weighted by molar-refractivity contribution is 6.33. The van der Waals surface area contributed by atoms with Gasteiger partial charge in [-0.1, -0.05) is 11.6 Å². The second-order valence-corrected chi connectivity index (χ2v) is 5.84. The minimum atomic E-state index is -0.491. The first-order valence-electron chi connectivity index (χ1n) is 7.59. The summed E-state index contributed by atoms with van der Waals surface area (Å²) in [5.41, 5.74) is 0.211. The number of nitrogens with zero attached hydrogens (tertiary/aromatic N) is 2. The van der Waals surface area contributed by atoms with E-state index in [0.29, 0.717) is 19.0 Å². The molecule has 0 saturated carbocycles.